The largest absolute Gasteiger partial charge is 0.492 e. The van der Waals surface area contributed by atoms with Gasteiger partial charge < -0.3 is 20.1 Å². The highest BCUT2D eigenvalue weighted by molar-refractivity contribution is 6.33. The van der Waals surface area contributed by atoms with Crippen LogP contribution in [0.1, 0.15) is 31.7 Å². The van der Waals surface area contributed by atoms with Crippen molar-refractivity contribution in [1.29, 1.82) is 0 Å². The van der Waals surface area contributed by atoms with Crippen molar-refractivity contribution in [3.8, 4) is 5.75 Å². The monoisotopic (exact) mass is 486 g/mol. The van der Waals surface area contributed by atoms with Crippen LogP contribution in [0.2, 0.25) is 5.02 Å². The van der Waals surface area contributed by atoms with E-state index < -0.39 is 36.1 Å². The molecule has 0 saturated carbocycles. The summed E-state index contributed by atoms with van der Waals surface area (Å²) in [5, 5.41) is 4.82. The van der Waals surface area contributed by atoms with Gasteiger partial charge in [0.25, 0.3) is 5.91 Å². The van der Waals surface area contributed by atoms with Gasteiger partial charge in [-0.1, -0.05) is 23.7 Å². The minimum atomic E-state index is -4.58. The van der Waals surface area contributed by atoms with Crippen LogP contribution in [0, 0.1) is 0 Å². The van der Waals surface area contributed by atoms with Crippen molar-refractivity contribution < 1.29 is 37.0 Å². The Labute approximate surface area is 193 Å². The van der Waals surface area contributed by atoms with Crippen LogP contribution in [0.15, 0.2) is 42.5 Å². The molecule has 0 bridgehead atoms. The molecule has 0 unspecified atom stereocenters. The molecule has 0 aliphatic heterocycles. The number of ether oxygens (including phenoxy) is 2. The molecule has 178 valence electrons. The van der Waals surface area contributed by atoms with Crippen LogP contribution in [0.25, 0.3) is 0 Å². The van der Waals surface area contributed by atoms with Crippen LogP contribution < -0.4 is 15.4 Å². The predicted octanol–water partition coefficient (Wildman–Crippen LogP) is 5.05. The first-order valence-corrected chi connectivity index (χ1v) is 10.3. The zero-order valence-corrected chi connectivity index (χ0v) is 18.4. The summed E-state index contributed by atoms with van der Waals surface area (Å²) in [7, 11) is 0. The molecule has 0 radical (unpaired) electrons. The smallest absolute Gasteiger partial charge is 0.416 e. The molecule has 0 atom stereocenters. The van der Waals surface area contributed by atoms with Crippen molar-refractivity contribution in [3.63, 3.8) is 0 Å². The van der Waals surface area contributed by atoms with E-state index >= 15 is 0 Å². The lowest BCUT2D eigenvalue weighted by atomic mass is 10.2. The quantitative estimate of drug-likeness (QED) is 0.458. The fourth-order valence-corrected chi connectivity index (χ4v) is 2.82. The van der Waals surface area contributed by atoms with Crippen LogP contribution in [0.3, 0.4) is 0 Å². The summed E-state index contributed by atoms with van der Waals surface area (Å²) in [5.74, 6) is -1.40. The van der Waals surface area contributed by atoms with E-state index in [0.29, 0.717) is 18.0 Å². The second-order valence-corrected chi connectivity index (χ2v) is 7.14. The molecule has 33 heavy (non-hydrogen) atoms. The molecule has 2 N–H and O–H groups in total. The highest BCUT2D eigenvalue weighted by Crippen LogP contribution is 2.33. The third kappa shape index (κ3) is 8.64. The van der Waals surface area contributed by atoms with E-state index in [4.69, 9.17) is 21.1 Å². The van der Waals surface area contributed by atoms with Gasteiger partial charge in [0.05, 0.1) is 28.6 Å². The Morgan fingerprint density at radius 2 is 1.67 bits per heavy atom. The number of halogens is 4. The number of carbonyl (C=O) groups is 3. The Bertz CT molecular complexity index is 998. The van der Waals surface area contributed by atoms with Gasteiger partial charge in [-0.15, -0.1) is 0 Å². The number of amides is 2. The van der Waals surface area contributed by atoms with Crippen molar-refractivity contribution in [2.75, 3.05) is 23.8 Å². The maximum absolute atomic E-state index is 12.8. The van der Waals surface area contributed by atoms with Gasteiger partial charge in [0.15, 0.2) is 6.61 Å². The zero-order chi connectivity index (χ0) is 24.4. The fourth-order valence-electron chi connectivity index (χ4n) is 2.66. The maximum Gasteiger partial charge on any atom is 0.416 e. The third-order valence-electron chi connectivity index (χ3n) is 4.18. The molecule has 0 saturated heterocycles. The Balaban J connectivity index is 1.74. The van der Waals surface area contributed by atoms with Crippen molar-refractivity contribution in [2.24, 2.45) is 0 Å². The number of alkyl halides is 3. The minimum Gasteiger partial charge on any atom is -0.492 e. The fraction of sp³-hybridized carbons (Fsp3) is 0.318. The number of para-hydroxylation sites is 2. The van der Waals surface area contributed by atoms with Crippen molar-refractivity contribution >= 4 is 40.8 Å². The van der Waals surface area contributed by atoms with Gasteiger partial charge in [-0.25, -0.2) is 0 Å². The first kappa shape index (κ1) is 26.0. The van der Waals surface area contributed by atoms with E-state index in [2.05, 4.69) is 10.6 Å². The van der Waals surface area contributed by atoms with Crippen LogP contribution >= 0.6 is 11.6 Å². The minimum absolute atomic E-state index is 0.0484. The number of carbonyl (C=O) groups excluding carboxylic acids is 3. The number of esters is 1. The lowest BCUT2D eigenvalue weighted by Crippen LogP contribution is -2.21. The topological polar surface area (TPSA) is 93.7 Å². The average molecular weight is 487 g/mol. The Kier molecular flexibility index (Phi) is 9.53. The number of anilines is 2. The number of hydrogen-bond donors (Lipinski definition) is 2. The van der Waals surface area contributed by atoms with Gasteiger partial charge in [0.1, 0.15) is 5.75 Å². The summed E-state index contributed by atoms with van der Waals surface area (Å²) in [4.78, 5) is 35.8. The van der Waals surface area contributed by atoms with Crippen LogP contribution in [-0.2, 0) is 25.3 Å². The second kappa shape index (κ2) is 12.1. The first-order valence-electron chi connectivity index (χ1n) is 9.94. The summed E-state index contributed by atoms with van der Waals surface area (Å²) in [6.45, 7) is 1.69. The lowest BCUT2D eigenvalue weighted by molar-refractivity contribution is -0.147. The summed E-state index contributed by atoms with van der Waals surface area (Å²) in [5.41, 5.74) is -0.693. The molecule has 2 aromatic carbocycles. The summed E-state index contributed by atoms with van der Waals surface area (Å²) in [6.07, 6.45) is -4.83. The summed E-state index contributed by atoms with van der Waals surface area (Å²) >= 11 is 5.83. The van der Waals surface area contributed by atoms with Crippen LogP contribution in [-0.4, -0.2) is 31.0 Å². The highest BCUT2D eigenvalue weighted by Gasteiger charge is 2.31. The van der Waals surface area contributed by atoms with Crippen LogP contribution in [0.5, 0.6) is 5.75 Å². The Hall–Kier alpha value is -3.27. The van der Waals surface area contributed by atoms with E-state index in [9.17, 15) is 27.6 Å². The van der Waals surface area contributed by atoms with Crippen molar-refractivity contribution in [3.05, 3.63) is 53.1 Å². The molecular weight excluding hydrogens is 465 g/mol. The molecule has 11 heteroatoms. The summed E-state index contributed by atoms with van der Waals surface area (Å²) in [6, 6.07) is 9.35. The summed E-state index contributed by atoms with van der Waals surface area (Å²) < 4.78 is 48.6. The molecule has 2 aromatic rings. The number of rotatable bonds is 10. The molecule has 0 aliphatic carbocycles. The number of nitrogens with one attached hydrogen (secondary N) is 2. The van der Waals surface area contributed by atoms with E-state index in [-0.39, 0.29) is 30.0 Å². The molecular formula is C22H22ClF3N2O5. The Morgan fingerprint density at radius 1 is 0.970 bits per heavy atom. The normalized spacial score (nSPS) is 10.9. The molecule has 2 amide bonds. The van der Waals surface area contributed by atoms with Gasteiger partial charge in [0, 0.05) is 12.8 Å². The van der Waals surface area contributed by atoms with E-state index in [1.807, 2.05) is 0 Å². The van der Waals surface area contributed by atoms with Crippen molar-refractivity contribution in [2.45, 2.75) is 32.4 Å². The highest BCUT2D eigenvalue weighted by atomic mass is 35.5. The standard InChI is InChI=1S/C22H22ClF3N2O5/c1-2-32-18-7-4-3-6-16(18)27-20(30)13-33-21(31)9-5-8-19(29)28-17-12-14(22(24,25)26)10-11-15(17)23/h3-4,6-7,10-12H,2,5,8-9,13H2,1H3,(H,27,30)(H,28,29). The van der Waals surface area contributed by atoms with Crippen molar-refractivity contribution in [1.82, 2.24) is 0 Å². The van der Waals surface area contributed by atoms with E-state index in [1.165, 1.54) is 0 Å². The zero-order valence-electron chi connectivity index (χ0n) is 17.6. The van der Waals surface area contributed by atoms with Gasteiger partial charge in [-0.2, -0.15) is 13.2 Å². The third-order valence-corrected chi connectivity index (χ3v) is 4.51. The molecule has 2 rings (SSSR count). The maximum atomic E-state index is 12.8. The second-order valence-electron chi connectivity index (χ2n) is 6.73. The van der Waals surface area contributed by atoms with E-state index in [0.717, 1.165) is 18.2 Å². The molecule has 0 fully saturated rings. The predicted molar refractivity (Wildman–Crippen MR) is 116 cm³/mol. The SMILES string of the molecule is CCOc1ccccc1NC(=O)COC(=O)CCCC(=O)Nc1cc(C(F)(F)F)ccc1Cl. The van der Waals surface area contributed by atoms with Gasteiger partial charge in [-0.3, -0.25) is 14.4 Å². The van der Waals surface area contributed by atoms with Crippen LogP contribution in [0.4, 0.5) is 24.5 Å². The van der Waals surface area contributed by atoms with Gasteiger partial charge in [-0.05, 0) is 43.7 Å². The van der Waals surface area contributed by atoms with E-state index in [1.54, 1.807) is 31.2 Å². The van der Waals surface area contributed by atoms with Gasteiger partial charge >= 0.3 is 12.1 Å². The molecule has 0 spiro atoms. The molecule has 0 aromatic heterocycles. The average Bonchev–Trinajstić information content (AvgIpc) is 2.74. The number of hydrogen-bond acceptors (Lipinski definition) is 5. The molecule has 7 nitrogen and oxygen atoms in total. The Morgan fingerprint density at radius 3 is 2.36 bits per heavy atom. The molecule has 0 heterocycles. The van der Waals surface area contributed by atoms with Gasteiger partial charge in [0.2, 0.25) is 5.91 Å². The first-order chi connectivity index (χ1) is 15.6. The lowest BCUT2D eigenvalue weighted by Gasteiger charge is -2.12. The number of benzene rings is 2. The molecule has 0 aliphatic rings.